The fourth-order valence-corrected chi connectivity index (χ4v) is 1.66. The number of aryl methyl sites for hydroxylation is 1. The molecular weight excluding hydrogens is 278 g/mol. The van der Waals surface area contributed by atoms with E-state index in [1.54, 1.807) is 13.1 Å². The smallest absolute Gasteiger partial charge is 0.226 e. The standard InChI is InChI=1S/C12H9Cl2FN2O/c1-7-16-6-8(5-13)12(17-7)18-9-2-3-11(15)10(14)4-9/h2-4,6H,5H2,1H3. The third-order valence-corrected chi connectivity index (χ3v) is 2.77. The highest BCUT2D eigenvalue weighted by Gasteiger charge is 2.09. The van der Waals surface area contributed by atoms with Crippen molar-refractivity contribution in [2.45, 2.75) is 12.8 Å². The molecule has 0 aliphatic carbocycles. The van der Waals surface area contributed by atoms with Gasteiger partial charge in [0, 0.05) is 17.8 Å². The summed E-state index contributed by atoms with van der Waals surface area (Å²) in [7, 11) is 0. The molecule has 0 unspecified atom stereocenters. The first kappa shape index (κ1) is 13.1. The lowest BCUT2D eigenvalue weighted by molar-refractivity contribution is 0.453. The second kappa shape index (κ2) is 5.50. The number of benzene rings is 1. The molecule has 0 saturated carbocycles. The minimum absolute atomic E-state index is 0.00861. The van der Waals surface area contributed by atoms with Crippen molar-refractivity contribution in [1.82, 2.24) is 9.97 Å². The molecule has 0 saturated heterocycles. The number of alkyl halides is 1. The Bertz CT molecular complexity index is 578. The molecule has 6 heteroatoms. The lowest BCUT2D eigenvalue weighted by Crippen LogP contribution is -1.97. The second-order valence-corrected chi connectivity index (χ2v) is 4.23. The van der Waals surface area contributed by atoms with Gasteiger partial charge in [-0.15, -0.1) is 11.6 Å². The van der Waals surface area contributed by atoms with Gasteiger partial charge in [-0.05, 0) is 19.1 Å². The van der Waals surface area contributed by atoms with Gasteiger partial charge in [-0.2, -0.15) is 4.98 Å². The van der Waals surface area contributed by atoms with E-state index >= 15 is 0 Å². The Morgan fingerprint density at radius 3 is 2.83 bits per heavy atom. The van der Waals surface area contributed by atoms with Crippen molar-refractivity contribution < 1.29 is 9.13 Å². The zero-order valence-electron chi connectivity index (χ0n) is 9.45. The molecule has 1 aromatic heterocycles. The Morgan fingerprint density at radius 1 is 1.39 bits per heavy atom. The van der Waals surface area contributed by atoms with Crippen LogP contribution in [0.4, 0.5) is 4.39 Å². The molecule has 0 aliphatic heterocycles. The van der Waals surface area contributed by atoms with Crippen LogP contribution in [0.2, 0.25) is 5.02 Å². The molecule has 3 nitrogen and oxygen atoms in total. The predicted octanol–water partition coefficient (Wildman–Crippen LogP) is 4.11. The van der Waals surface area contributed by atoms with Crippen LogP contribution in [0, 0.1) is 12.7 Å². The molecule has 0 fully saturated rings. The molecule has 1 aromatic carbocycles. The Kier molecular flexibility index (Phi) is 3.99. The van der Waals surface area contributed by atoms with Crippen molar-refractivity contribution in [3.05, 3.63) is 46.6 Å². The maximum atomic E-state index is 13.0. The Balaban J connectivity index is 2.33. The van der Waals surface area contributed by atoms with Gasteiger partial charge in [-0.3, -0.25) is 0 Å². The summed E-state index contributed by atoms with van der Waals surface area (Å²) >= 11 is 11.4. The number of rotatable bonds is 3. The number of aromatic nitrogens is 2. The van der Waals surface area contributed by atoms with Crippen LogP contribution in [0.25, 0.3) is 0 Å². The van der Waals surface area contributed by atoms with E-state index in [9.17, 15) is 4.39 Å². The van der Waals surface area contributed by atoms with Crippen LogP contribution < -0.4 is 4.74 Å². The van der Waals surface area contributed by atoms with Crippen LogP contribution >= 0.6 is 23.2 Å². The molecule has 18 heavy (non-hydrogen) atoms. The summed E-state index contributed by atoms with van der Waals surface area (Å²) in [4.78, 5) is 8.16. The van der Waals surface area contributed by atoms with Crippen molar-refractivity contribution >= 4 is 23.2 Å². The van der Waals surface area contributed by atoms with E-state index in [1.807, 2.05) is 0 Å². The zero-order chi connectivity index (χ0) is 13.1. The van der Waals surface area contributed by atoms with Crippen LogP contribution in [0.1, 0.15) is 11.4 Å². The van der Waals surface area contributed by atoms with Crippen LogP contribution in [0.5, 0.6) is 11.6 Å². The average molecular weight is 287 g/mol. The summed E-state index contributed by atoms with van der Waals surface area (Å²) in [6.45, 7) is 1.74. The topological polar surface area (TPSA) is 35.0 Å². The third kappa shape index (κ3) is 2.89. The highest BCUT2D eigenvalue weighted by Crippen LogP contribution is 2.27. The number of ether oxygens (including phenoxy) is 1. The van der Waals surface area contributed by atoms with Crippen molar-refractivity contribution in [3.8, 4) is 11.6 Å². The minimum Gasteiger partial charge on any atom is -0.439 e. The Labute approximate surface area is 114 Å². The van der Waals surface area contributed by atoms with Crippen LogP contribution in [-0.4, -0.2) is 9.97 Å². The SMILES string of the molecule is Cc1ncc(CCl)c(Oc2ccc(F)c(Cl)c2)n1. The summed E-state index contributed by atoms with van der Waals surface area (Å²) in [5.41, 5.74) is 0.655. The fourth-order valence-electron chi connectivity index (χ4n) is 1.31. The minimum atomic E-state index is -0.500. The molecule has 0 atom stereocenters. The van der Waals surface area contributed by atoms with Gasteiger partial charge in [0.25, 0.3) is 0 Å². The monoisotopic (exact) mass is 286 g/mol. The van der Waals surface area contributed by atoms with E-state index in [-0.39, 0.29) is 10.9 Å². The number of hydrogen-bond donors (Lipinski definition) is 0. The van der Waals surface area contributed by atoms with E-state index in [0.29, 0.717) is 23.0 Å². The highest BCUT2D eigenvalue weighted by molar-refractivity contribution is 6.30. The van der Waals surface area contributed by atoms with Gasteiger partial charge < -0.3 is 4.74 Å². The Morgan fingerprint density at radius 2 is 2.17 bits per heavy atom. The van der Waals surface area contributed by atoms with Crippen LogP contribution in [0.15, 0.2) is 24.4 Å². The van der Waals surface area contributed by atoms with Crippen molar-refractivity contribution in [3.63, 3.8) is 0 Å². The predicted molar refractivity (Wildman–Crippen MR) is 67.8 cm³/mol. The molecule has 0 aliphatic rings. The first-order valence-electron chi connectivity index (χ1n) is 5.11. The molecular formula is C12H9Cl2FN2O. The lowest BCUT2D eigenvalue weighted by Gasteiger charge is -2.09. The van der Waals surface area contributed by atoms with Gasteiger partial charge in [0.1, 0.15) is 17.4 Å². The van der Waals surface area contributed by atoms with E-state index < -0.39 is 5.82 Å². The summed E-state index contributed by atoms with van der Waals surface area (Å²) in [6.07, 6.45) is 1.59. The molecule has 0 radical (unpaired) electrons. The molecule has 0 N–H and O–H groups in total. The van der Waals surface area contributed by atoms with E-state index in [2.05, 4.69) is 9.97 Å². The van der Waals surface area contributed by atoms with Gasteiger partial charge in [-0.25, -0.2) is 9.37 Å². The molecule has 2 aromatic rings. The van der Waals surface area contributed by atoms with Crippen LogP contribution in [0.3, 0.4) is 0 Å². The summed E-state index contributed by atoms with van der Waals surface area (Å²) < 4.78 is 18.5. The third-order valence-electron chi connectivity index (χ3n) is 2.19. The van der Waals surface area contributed by atoms with E-state index in [0.717, 1.165) is 0 Å². The zero-order valence-corrected chi connectivity index (χ0v) is 11.0. The van der Waals surface area contributed by atoms with Gasteiger partial charge >= 0.3 is 0 Å². The van der Waals surface area contributed by atoms with E-state index in [4.69, 9.17) is 27.9 Å². The van der Waals surface area contributed by atoms with E-state index in [1.165, 1.54) is 18.2 Å². The largest absolute Gasteiger partial charge is 0.439 e. The first-order valence-corrected chi connectivity index (χ1v) is 6.03. The fraction of sp³-hybridized carbons (Fsp3) is 0.167. The highest BCUT2D eigenvalue weighted by atomic mass is 35.5. The second-order valence-electron chi connectivity index (χ2n) is 3.56. The molecule has 0 amide bonds. The molecule has 1 heterocycles. The summed E-state index contributed by atoms with van der Waals surface area (Å²) in [6, 6.07) is 4.08. The van der Waals surface area contributed by atoms with Gasteiger partial charge in [0.15, 0.2) is 0 Å². The van der Waals surface area contributed by atoms with Crippen LogP contribution in [-0.2, 0) is 5.88 Å². The maximum Gasteiger partial charge on any atom is 0.226 e. The quantitative estimate of drug-likeness (QED) is 0.797. The van der Waals surface area contributed by atoms with Gasteiger partial charge in [-0.1, -0.05) is 11.6 Å². The maximum absolute atomic E-state index is 13.0. The molecule has 94 valence electrons. The number of halogens is 3. The summed E-state index contributed by atoms with van der Waals surface area (Å²) in [5, 5.41) is -0.00861. The van der Waals surface area contributed by atoms with Crippen molar-refractivity contribution in [1.29, 1.82) is 0 Å². The van der Waals surface area contributed by atoms with Gasteiger partial charge in [0.05, 0.1) is 10.9 Å². The molecule has 2 rings (SSSR count). The first-order chi connectivity index (χ1) is 8.60. The number of nitrogens with zero attached hydrogens (tertiary/aromatic N) is 2. The Hall–Kier alpha value is -1.39. The molecule has 0 spiro atoms. The normalized spacial score (nSPS) is 10.4. The lowest BCUT2D eigenvalue weighted by atomic mass is 10.3. The van der Waals surface area contributed by atoms with Crippen molar-refractivity contribution in [2.24, 2.45) is 0 Å². The van der Waals surface area contributed by atoms with Gasteiger partial charge in [0.2, 0.25) is 5.88 Å². The average Bonchev–Trinajstić information content (AvgIpc) is 2.34. The number of hydrogen-bond acceptors (Lipinski definition) is 3. The van der Waals surface area contributed by atoms with Crippen molar-refractivity contribution in [2.75, 3.05) is 0 Å². The summed E-state index contributed by atoms with van der Waals surface area (Å²) in [5.74, 6) is 1.03. The molecule has 0 bridgehead atoms.